The molecule has 0 unspecified atom stereocenters. The van der Waals surface area contributed by atoms with Gasteiger partial charge in [-0.3, -0.25) is 0 Å². The average Bonchev–Trinajstić information content (AvgIpc) is 2.40. The van der Waals surface area contributed by atoms with Crippen LogP contribution in [0.3, 0.4) is 0 Å². The Labute approximate surface area is 111 Å². The van der Waals surface area contributed by atoms with Gasteiger partial charge in [-0.25, -0.2) is 9.97 Å². The van der Waals surface area contributed by atoms with Crippen LogP contribution in [0, 0.1) is 0 Å². The lowest BCUT2D eigenvalue weighted by molar-refractivity contribution is 0.319. The summed E-state index contributed by atoms with van der Waals surface area (Å²) < 4.78 is 5.60. The molecule has 0 saturated heterocycles. The standard InChI is InChI=1S/C13H15N3OS/c14-11-3-1-4-12(9-11)17-7-2-8-18-13-5-6-15-10-16-13/h1,3-6,9-10H,2,7-8,14H2. The van der Waals surface area contributed by atoms with Crippen LogP contribution in [0.25, 0.3) is 0 Å². The first-order valence-electron chi connectivity index (χ1n) is 5.72. The molecule has 0 radical (unpaired) electrons. The van der Waals surface area contributed by atoms with E-state index >= 15 is 0 Å². The number of thioether (sulfide) groups is 1. The summed E-state index contributed by atoms with van der Waals surface area (Å²) in [5, 5.41) is 0.994. The number of hydrogen-bond donors (Lipinski definition) is 1. The number of aromatic nitrogens is 2. The van der Waals surface area contributed by atoms with E-state index in [0.29, 0.717) is 6.61 Å². The van der Waals surface area contributed by atoms with Gasteiger partial charge in [0.15, 0.2) is 0 Å². The number of rotatable bonds is 6. The predicted octanol–water partition coefficient (Wildman–Crippen LogP) is 2.62. The van der Waals surface area contributed by atoms with Gasteiger partial charge in [0.1, 0.15) is 12.1 Å². The summed E-state index contributed by atoms with van der Waals surface area (Å²) in [6.45, 7) is 0.682. The highest BCUT2D eigenvalue weighted by molar-refractivity contribution is 7.99. The molecule has 4 nitrogen and oxygen atoms in total. The zero-order valence-corrected chi connectivity index (χ0v) is 10.8. The van der Waals surface area contributed by atoms with Gasteiger partial charge in [0.2, 0.25) is 0 Å². The lowest BCUT2D eigenvalue weighted by atomic mass is 10.3. The molecule has 0 aliphatic carbocycles. The van der Waals surface area contributed by atoms with Gasteiger partial charge in [-0.2, -0.15) is 0 Å². The second-order valence-electron chi connectivity index (χ2n) is 3.67. The molecule has 2 N–H and O–H groups in total. The molecule has 0 saturated carbocycles. The first-order valence-corrected chi connectivity index (χ1v) is 6.70. The van der Waals surface area contributed by atoms with E-state index in [4.69, 9.17) is 10.5 Å². The molecule has 0 aliphatic rings. The molecule has 1 aromatic heterocycles. The van der Waals surface area contributed by atoms with Crippen molar-refractivity contribution in [1.29, 1.82) is 0 Å². The molecule has 0 fully saturated rings. The summed E-state index contributed by atoms with van der Waals surface area (Å²) in [5.41, 5.74) is 6.39. The minimum atomic E-state index is 0.682. The van der Waals surface area contributed by atoms with E-state index in [-0.39, 0.29) is 0 Å². The molecule has 94 valence electrons. The van der Waals surface area contributed by atoms with Gasteiger partial charge in [0.05, 0.1) is 11.6 Å². The molecule has 2 rings (SSSR count). The van der Waals surface area contributed by atoms with Gasteiger partial charge in [0.25, 0.3) is 0 Å². The number of anilines is 1. The zero-order chi connectivity index (χ0) is 12.6. The Morgan fingerprint density at radius 3 is 3.00 bits per heavy atom. The van der Waals surface area contributed by atoms with E-state index in [1.165, 1.54) is 0 Å². The van der Waals surface area contributed by atoms with Crippen molar-refractivity contribution in [3.63, 3.8) is 0 Å². The van der Waals surface area contributed by atoms with Crippen LogP contribution in [0.5, 0.6) is 5.75 Å². The highest BCUT2D eigenvalue weighted by Gasteiger charge is 1.96. The van der Waals surface area contributed by atoms with E-state index in [9.17, 15) is 0 Å². The van der Waals surface area contributed by atoms with Crippen LogP contribution in [0.15, 0.2) is 47.9 Å². The van der Waals surface area contributed by atoms with Crippen molar-refractivity contribution in [2.24, 2.45) is 0 Å². The largest absolute Gasteiger partial charge is 0.493 e. The Morgan fingerprint density at radius 2 is 2.22 bits per heavy atom. The number of nitrogens with zero attached hydrogens (tertiary/aromatic N) is 2. The normalized spacial score (nSPS) is 10.2. The van der Waals surface area contributed by atoms with Crippen LogP contribution < -0.4 is 10.5 Å². The Kier molecular flexibility index (Phi) is 4.84. The number of hydrogen-bond acceptors (Lipinski definition) is 5. The minimum absolute atomic E-state index is 0.682. The van der Waals surface area contributed by atoms with Crippen molar-refractivity contribution in [2.75, 3.05) is 18.1 Å². The Balaban J connectivity index is 1.65. The van der Waals surface area contributed by atoms with Gasteiger partial charge in [-0.05, 0) is 24.6 Å². The monoisotopic (exact) mass is 261 g/mol. The smallest absolute Gasteiger partial charge is 0.121 e. The molecule has 1 heterocycles. The second-order valence-corrected chi connectivity index (χ2v) is 4.79. The van der Waals surface area contributed by atoms with Gasteiger partial charge in [-0.15, -0.1) is 11.8 Å². The van der Waals surface area contributed by atoms with Crippen LogP contribution in [0.1, 0.15) is 6.42 Å². The van der Waals surface area contributed by atoms with E-state index in [1.807, 2.05) is 30.3 Å². The maximum absolute atomic E-state index is 5.67. The topological polar surface area (TPSA) is 61.0 Å². The SMILES string of the molecule is Nc1cccc(OCCCSc2ccncn2)c1. The Bertz CT molecular complexity index is 479. The fourth-order valence-electron chi connectivity index (χ4n) is 1.39. The number of benzene rings is 1. The summed E-state index contributed by atoms with van der Waals surface area (Å²) in [6.07, 6.45) is 4.27. The Morgan fingerprint density at radius 1 is 1.28 bits per heavy atom. The minimum Gasteiger partial charge on any atom is -0.493 e. The molecule has 0 amide bonds. The third kappa shape index (κ3) is 4.25. The molecule has 0 spiro atoms. The quantitative estimate of drug-likeness (QED) is 0.375. The average molecular weight is 261 g/mol. The van der Waals surface area contributed by atoms with Crippen molar-refractivity contribution in [1.82, 2.24) is 9.97 Å². The van der Waals surface area contributed by atoms with Gasteiger partial charge < -0.3 is 10.5 Å². The van der Waals surface area contributed by atoms with Crippen molar-refractivity contribution >= 4 is 17.4 Å². The first-order chi connectivity index (χ1) is 8.84. The molecule has 2 aromatic rings. The molecule has 0 bridgehead atoms. The van der Waals surface area contributed by atoms with Crippen molar-refractivity contribution in [3.8, 4) is 5.75 Å². The lowest BCUT2D eigenvalue weighted by Gasteiger charge is -2.06. The fourth-order valence-corrected chi connectivity index (χ4v) is 2.14. The van der Waals surface area contributed by atoms with Crippen LogP contribution in [-0.4, -0.2) is 22.3 Å². The van der Waals surface area contributed by atoms with Crippen molar-refractivity contribution < 1.29 is 4.74 Å². The second kappa shape index (κ2) is 6.86. The van der Waals surface area contributed by atoms with Crippen LogP contribution in [-0.2, 0) is 0 Å². The van der Waals surface area contributed by atoms with E-state index in [1.54, 1.807) is 24.3 Å². The van der Waals surface area contributed by atoms with Crippen molar-refractivity contribution in [2.45, 2.75) is 11.4 Å². The summed E-state index contributed by atoms with van der Waals surface area (Å²) in [7, 11) is 0. The lowest BCUT2D eigenvalue weighted by Crippen LogP contribution is -1.99. The zero-order valence-electron chi connectivity index (χ0n) is 9.95. The molecule has 1 aromatic carbocycles. The molecule has 0 aliphatic heterocycles. The van der Waals surface area contributed by atoms with E-state index in [0.717, 1.165) is 28.6 Å². The van der Waals surface area contributed by atoms with Crippen LogP contribution in [0.4, 0.5) is 5.69 Å². The summed E-state index contributed by atoms with van der Waals surface area (Å²) >= 11 is 1.70. The predicted molar refractivity (Wildman–Crippen MR) is 73.7 cm³/mol. The molecule has 0 atom stereocenters. The maximum atomic E-state index is 5.67. The molecule has 5 heteroatoms. The number of nitrogens with two attached hydrogens (primary N) is 1. The van der Waals surface area contributed by atoms with Crippen molar-refractivity contribution in [3.05, 3.63) is 42.9 Å². The summed E-state index contributed by atoms with van der Waals surface area (Å²) in [5.74, 6) is 1.79. The third-order valence-corrected chi connectivity index (χ3v) is 3.25. The Hall–Kier alpha value is -1.75. The van der Waals surface area contributed by atoms with Crippen LogP contribution in [0.2, 0.25) is 0 Å². The van der Waals surface area contributed by atoms with Crippen LogP contribution >= 0.6 is 11.8 Å². The molecular weight excluding hydrogens is 246 g/mol. The van der Waals surface area contributed by atoms with Gasteiger partial charge >= 0.3 is 0 Å². The third-order valence-electron chi connectivity index (χ3n) is 2.22. The number of nitrogen functional groups attached to an aromatic ring is 1. The summed E-state index contributed by atoms with van der Waals surface area (Å²) in [4.78, 5) is 8.02. The number of ether oxygens (including phenoxy) is 1. The van der Waals surface area contributed by atoms with Gasteiger partial charge in [-0.1, -0.05) is 6.07 Å². The van der Waals surface area contributed by atoms with E-state index < -0.39 is 0 Å². The summed E-state index contributed by atoms with van der Waals surface area (Å²) in [6, 6.07) is 9.38. The van der Waals surface area contributed by atoms with Gasteiger partial charge in [0, 0.05) is 23.7 Å². The fraction of sp³-hybridized carbons (Fsp3) is 0.231. The highest BCUT2D eigenvalue weighted by Crippen LogP contribution is 2.16. The van der Waals surface area contributed by atoms with E-state index in [2.05, 4.69) is 9.97 Å². The first kappa shape index (κ1) is 12.7. The molecule has 18 heavy (non-hydrogen) atoms. The molecular formula is C13H15N3OS. The maximum Gasteiger partial charge on any atom is 0.121 e. The highest BCUT2D eigenvalue weighted by atomic mass is 32.2.